The van der Waals surface area contributed by atoms with Crippen LogP contribution in [0.2, 0.25) is 0 Å². The molecule has 6 heteroatoms. The first kappa shape index (κ1) is 17.7. The van der Waals surface area contributed by atoms with E-state index in [2.05, 4.69) is 11.0 Å². The molecule has 0 amide bonds. The maximum Gasteiger partial charge on any atom is 0.104 e. The normalized spacial score (nSPS) is 18.9. The van der Waals surface area contributed by atoms with Crippen molar-refractivity contribution in [2.45, 2.75) is 17.6 Å². The Morgan fingerprint density at radius 2 is 1.70 bits per heavy atom. The maximum atomic E-state index is 9.23. The van der Waals surface area contributed by atoms with E-state index in [0.29, 0.717) is 26.4 Å². The first-order valence-corrected chi connectivity index (χ1v) is 8.32. The van der Waals surface area contributed by atoms with Crippen LogP contribution >= 0.6 is 11.8 Å². The summed E-state index contributed by atoms with van der Waals surface area (Å²) in [6.45, 7) is 6.14. The van der Waals surface area contributed by atoms with E-state index in [1.807, 2.05) is 6.26 Å². The topological polar surface area (TPSA) is 54.7 Å². The molecular formula is C14H26N2O3S. The van der Waals surface area contributed by atoms with Gasteiger partial charge in [-0.1, -0.05) is 0 Å². The molecule has 0 aromatic carbocycles. The Hall–Kier alpha value is -0.320. The molecule has 0 spiro atoms. The molecule has 1 fully saturated rings. The first-order valence-electron chi connectivity index (χ1n) is 7.09. The summed E-state index contributed by atoms with van der Waals surface area (Å²) in [4.78, 5) is 2.37. The zero-order valence-electron chi connectivity index (χ0n) is 12.6. The van der Waals surface area contributed by atoms with Crippen LogP contribution < -0.4 is 0 Å². The molecule has 1 heterocycles. The summed E-state index contributed by atoms with van der Waals surface area (Å²) in [6, 6.07) is 2.47. The molecule has 0 bridgehead atoms. The minimum Gasteiger partial charge on any atom is -0.382 e. The summed E-state index contributed by atoms with van der Waals surface area (Å²) >= 11 is 1.69. The third-order valence-corrected chi connectivity index (χ3v) is 4.89. The van der Waals surface area contributed by atoms with Crippen molar-refractivity contribution in [2.75, 3.05) is 66.0 Å². The van der Waals surface area contributed by atoms with Crippen molar-refractivity contribution < 1.29 is 14.2 Å². The molecule has 0 radical (unpaired) electrons. The number of hydrogen-bond donors (Lipinski definition) is 0. The Kier molecular flexibility index (Phi) is 9.23. The van der Waals surface area contributed by atoms with Gasteiger partial charge in [0, 0.05) is 26.7 Å². The number of nitrogens with zero attached hydrogens (tertiary/aromatic N) is 2. The van der Waals surface area contributed by atoms with E-state index < -0.39 is 0 Å². The number of piperidine rings is 1. The van der Waals surface area contributed by atoms with Gasteiger partial charge >= 0.3 is 0 Å². The molecule has 0 aliphatic carbocycles. The molecule has 0 unspecified atom stereocenters. The highest BCUT2D eigenvalue weighted by molar-refractivity contribution is 8.00. The van der Waals surface area contributed by atoms with Crippen molar-refractivity contribution in [2.24, 2.45) is 0 Å². The number of likely N-dealkylation sites (tertiary alicyclic amines) is 1. The highest BCUT2D eigenvalue weighted by Crippen LogP contribution is 2.33. The summed E-state index contributed by atoms with van der Waals surface area (Å²) in [5.74, 6) is 0. The molecule has 0 aromatic heterocycles. The van der Waals surface area contributed by atoms with E-state index in [1.165, 1.54) is 0 Å². The van der Waals surface area contributed by atoms with Crippen LogP contribution in [0, 0.1) is 11.3 Å². The standard InChI is InChI=1S/C14H26N2O3S/c1-17-9-10-19-12-11-18-8-7-16-5-3-14(13-15,20-2)4-6-16/h3-12H2,1-2H3. The number of thioether (sulfide) groups is 1. The Balaban J connectivity index is 1.98. The maximum absolute atomic E-state index is 9.23. The second-order valence-electron chi connectivity index (χ2n) is 4.87. The molecule has 1 aliphatic heterocycles. The third kappa shape index (κ3) is 6.42. The smallest absolute Gasteiger partial charge is 0.104 e. The zero-order valence-corrected chi connectivity index (χ0v) is 13.4. The Morgan fingerprint density at radius 1 is 1.10 bits per heavy atom. The van der Waals surface area contributed by atoms with E-state index in [-0.39, 0.29) is 4.75 Å². The number of nitriles is 1. The molecule has 0 saturated carbocycles. The van der Waals surface area contributed by atoms with Gasteiger partial charge in [0.15, 0.2) is 0 Å². The molecule has 1 rings (SSSR count). The largest absolute Gasteiger partial charge is 0.382 e. The fraction of sp³-hybridized carbons (Fsp3) is 0.929. The van der Waals surface area contributed by atoms with Gasteiger partial charge in [-0.3, -0.25) is 0 Å². The van der Waals surface area contributed by atoms with Gasteiger partial charge in [-0.2, -0.15) is 5.26 Å². The first-order chi connectivity index (χ1) is 9.76. The summed E-state index contributed by atoms with van der Waals surface area (Å²) in [5.41, 5.74) is 0. The molecule has 5 nitrogen and oxygen atoms in total. The average molecular weight is 302 g/mol. The van der Waals surface area contributed by atoms with Crippen LogP contribution in [0.25, 0.3) is 0 Å². The number of methoxy groups -OCH3 is 1. The minimum absolute atomic E-state index is 0.160. The summed E-state index contributed by atoms with van der Waals surface area (Å²) in [7, 11) is 1.66. The van der Waals surface area contributed by atoms with Crippen molar-refractivity contribution >= 4 is 11.8 Å². The van der Waals surface area contributed by atoms with Gasteiger partial charge in [-0.15, -0.1) is 11.8 Å². The van der Waals surface area contributed by atoms with Crippen LogP contribution in [0.15, 0.2) is 0 Å². The summed E-state index contributed by atoms with van der Waals surface area (Å²) < 4.78 is 15.6. The van der Waals surface area contributed by atoms with Crippen molar-refractivity contribution in [3.05, 3.63) is 0 Å². The van der Waals surface area contributed by atoms with E-state index in [4.69, 9.17) is 14.2 Å². The van der Waals surface area contributed by atoms with Crippen molar-refractivity contribution in [1.82, 2.24) is 4.90 Å². The predicted octanol–water partition coefficient (Wildman–Crippen LogP) is 1.39. The molecule has 1 aliphatic rings. The van der Waals surface area contributed by atoms with Crippen molar-refractivity contribution in [1.29, 1.82) is 5.26 Å². The van der Waals surface area contributed by atoms with Gasteiger partial charge < -0.3 is 19.1 Å². The Bertz CT molecular complexity index is 289. The lowest BCUT2D eigenvalue weighted by atomic mass is 9.97. The van der Waals surface area contributed by atoms with Gasteiger partial charge in [-0.25, -0.2) is 0 Å². The van der Waals surface area contributed by atoms with Crippen LogP contribution in [0.1, 0.15) is 12.8 Å². The SMILES string of the molecule is COCCOCCOCCN1CCC(C#N)(SC)CC1. The summed E-state index contributed by atoms with van der Waals surface area (Å²) in [5, 5.41) is 9.23. The van der Waals surface area contributed by atoms with Crippen LogP contribution in [0.4, 0.5) is 0 Å². The zero-order chi connectivity index (χ0) is 14.7. The number of hydrogen-bond acceptors (Lipinski definition) is 6. The predicted molar refractivity (Wildman–Crippen MR) is 81.0 cm³/mol. The molecule has 0 aromatic rings. The van der Waals surface area contributed by atoms with Gasteiger partial charge in [0.2, 0.25) is 0 Å². The molecule has 0 N–H and O–H groups in total. The van der Waals surface area contributed by atoms with Gasteiger partial charge in [-0.05, 0) is 19.1 Å². The van der Waals surface area contributed by atoms with Crippen molar-refractivity contribution in [3.8, 4) is 6.07 Å². The van der Waals surface area contributed by atoms with Crippen LogP contribution in [-0.2, 0) is 14.2 Å². The Labute approximate surface area is 126 Å². The molecule has 116 valence electrons. The molecule has 20 heavy (non-hydrogen) atoms. The quantitative estimate of drug-likeness (QED) is 0.568. The van der Waals surface area contributed by atoms with E-state index in [9.17, 15) is 5.26 Å². The second-order valence-corrected chi connectivity index (χ2v) is 6.06. The minimum atomic E-state index is -0.160. The van der Waals surface area contributed by atoms with E-state index in [0.717, 1.165) is 39.1 Å². The fourth-order valence-electron chi connectivity index (χ4n) is 2.16. The molecule has 0 atom stereocenters. The lowest BCUT2D eigenvalue weighted by Gasteiger charge is -2.36. The lowest BCUT2D eigenvalue weighted by Crippen LogP contribution is -2.42. The highest BCUT2D eigenvalue weighted by atomic mass is 32.2. The van der Waals surface area contributed by atoms with E-state index >= 15 is 0 Å². The highest BCUT2D eigenvalue weighted by Gasteiger charge is 2.33. The van der Waals surface area contributed by atoms with Gasteiger partial charge in [0.05, 0.1) is 39.1 Å². The van der Waals surface area contributed by atoms with Gasteiger partial charge in [0.25, 0.3) is 0 Å². The van der Waals surface area contributed by atoms with E-state index in [1.54, 1.807) is 18.9 Å². The van der Waals surface area contributed by atoms with Crippen LogP contribution in [-0.4, -0.2) is 75.7 Å². The number of ether oxygens (including phenoxy) is 3. The van der Waals surface area contributed by atoms with Gasteiger partial charge in [0.1, 0.15) is 4.75 Å². The Morgan fingerprint density at radius 3 is 2.25 bits per heavy atom. The number of rotatable bonds is 10. The lowest BCUT2D eigenvalue weighted by molar-refractivity contribution is 0.0181. The fourth-order valence-corrected chi connectivity index (χ4v) is 2.84. The monoisotopic (exact) mass is 302 g/mol. The van der Waals surface area contributed by atoms with Crippen LogP contribution in [0.5, 0.6) is 0 Å². The molecule has 1 saturated heterocycles. The van der Waals surface area contributed by atoms with Crippen LogP contribution in [0.3, 0.4) is 0 Å². The second kappa shape index (κ2) is 10.4. The average Bonchev–Trinajstić information content (AvgIpc) is 2.51. The molecular weight excluding hydrogens is 276 g/mol. The third-order valence-electron chi connectivity index (χ3n) is 3.61. The van der Waals surface area contributed by atoms with Crippen molar-refractivity contribution in [3.63, 3.8) is 0 Å². The summed E-state index contributed by atoms with van der Waals surface area (Å²) in [6.07, 6.45) is 3.93.